The molecular formula is C19H21N3O3. The Morgan fingerprint density at radius 1 is 1.12 bits per heavy atom. The zero-order valence-electron chi connectivity index (χ0n) is 14.0. The first-order valence-electron chi connectivity index (χ1n) is 7.82. The van der Waals surface area contributed by atoms with E-state index in [0.717, 1.165) is 0 Å². The molecule has 0 saturated carbocycles. The summed E-state index contributed by atoms with van der Waals surface area (Å²) in [4.78, 5) is 23.6. The topological polar surface area (TPSA) is 79.5 Å². The maximum Gasteiger partial charge on any atom is 0.251 e. The predicted molar refractivity (Wildman–Crippen MR) is 99.1 cm³/mol. The first kappa shape index (κ1) is 18.1. The highest BCUT2D eigenvalue weighted by Crippen LogP contribution is 2.16. The number of hydrogen-bond acceptors (Lipinski definition) is 4. The minimum Gasteiger partial charge on any atom is -0.490 e. The fraction of sp³-hybridized carbons (Fsp3) is 0.158. The summed E-state index contributed by atoms with van der Waals surface area (Å²) in [5, 5.41) is 8.34. The van der Waals surface area contributed by atoms with Gasteiger partial charge in [0.1, 0.15) is 12.4 Å². The average molecular weight is 339 g/mol. The van der Waals surface area contributed by atoms with Gasteiger partial charge in [0.2, 0.25) is 5.91 Å². The first-order valence-corrected chi connectivity index (χ1v) is 7.82. The number of anilines is 2. The third kappa shape index (κ3) is 5.69. The van der Waals surface area contributed by atoms with Gasteiger partial charge in [0.05, 0.1) is 6.54 Å². The van der Waals surface area contributed by atoms with Gasteiger partial charge in [-0.05, 0) is 42.5 Å². The van der Waals surface area contributed by atoms with Crippen molar-refractivity contribution >= 4 is 23.2 Å². The van der Waals surface area contributed by atoms with Gasteiger partial charge in [-0.3, -0.25) is 9.59 Å². The molecule has 130 valence electrons. The van der Waals surface area contributed by atoms with E-state index in [0.29, 0.717) is 29.3 Å². The summed E-state index contributed by atoms with van der Waals surface area (Å²) < 4.78 is 5.38. The molecule has 0 unspecified atom stereocenters. The van der Waals surface area contributed by atoms with Crippen LogP contribution in [0.4, 0.5) is 11.4 Å². The summed E-state index contributed by atoms with van der Waals surface area (Å²) in [6.07, 6.45) is 1.67. The van der Waals surface area contributed by atoms with Crippen molar-refractivity contribution in [3.63, 3.8) is 0 Å². The fourth-order valence-corrected chi connectivity index (χ4v) is 2.09. The number of hydrogen-bond donors (Lipinski definition) is 3. The average Bonchev–Trinajstić information content (AvgIpc) is 2.65. The summed E-state index contributed by atoms with van der Waals surface area (Å²) in [6.45, 7) is 4.11. The largest absolute Gasteiger partial charge is 0.490 e. The second-order valence-electron chi connectivity index (χ2n) is 5.19. The molecule has 0 heterocycles. The van der Waals surface area contributed by atoms with Crippen molar-refractivity contribution in [2.24, 2.45) is 0 Å². The minimum atomic E-state index is -0.190. The van der Waals surface area contributed by atoms with Gasteiger partial charge in [-0.15, -0.1) is 0 Å². The Hall–Kier alpha value is -3.28. The normalized spacial score (nSPS) is 9.80. The van der Waals surface area contributed by atoms with Crippen molar-refractivity contribution in [1.82, 2.24) is 5.32 Å². The van der Waals surface area contributed by atoms with Crippen LogP contribution in [0.15, 0.2) is 61.2 Å². The molecule has 0 aliphatic heterocycles. The Morgan fingerprint density at radius 3 is 2.56 bits per heavy atom. The van der Waals surface area contributed by atoms with E-state index in [1.807, 2.05) is 0 Å². The monoisotopic (exact) mass is 339 g/mol. The first-order chi connectivity index (χ1) is 12.1. The van der Waals surface area contributed by atoms with Crippen molar-refractivity contribution in [3.8, 4) is 5.75 Å². The number of benzene rings is 2. The van der Waals surface area contributed by atoms with Crippen molar-refractivity contribution in [1.29, 1.82) is 0 Å². The lowest BCUT2D eigenvalue weighted by molar-refractivity contribution is -0.114. The van der Waals surface area contributed by atoms with Gasteiger partial charge < -0.3 is 20.7 Å². The molecule has 2 amide bonds. The summed E-state index contributed by atoms with van der Waals surface area (Å²) in [6, 6.07) is 14.0. The van der Waals surface area contributed by atoms with E-state index in [1.54, 1.807) is 61.7 Å². The molecule has 0 radical (unpaired) electrons. The van der Waals surface area contributed by atoms with E-state index in [2.05, 4.69) is 22.5 Å². The van der Waals surface area contributed by atoms with Crippen LogP contribution < -0.4 is 20.7 Å². The predicted octanol–water partition coefficient (Wildman–Crippen LogP) is 2.66. The summed E-state index contributed by atoms with van der Waals surface area (Å²) in [5.41, 5.74) is 1.91. The van der Waals surface area contributed by atoms with Crippen LogP contribution in [0, 0.1) is 0 Å². The lowest BCUT2D eigenvalue weighted by atomic mass is 10.2. The zero-order chi connectivity index (χ0) is 18.1. The van der Waals surface area contributed by atoms with Crippen molar-refractivity contribution in [3.05, 3.63) is 66.7 Å². The molecule has 0 fully saturated rings. The summed E-state index contributed by atoms with van der Waals surface area (Å²) >= 11 is 0. The number of rotatable bonds is 8. The van der Waals surface area contributed by atoms with E-state index in [4.69, 9.17) is 4.74 Å². The second kappa shape index (κ2) is 9.12. The fourth-order valence-electron chi connectivity index (χ4n) is 2.09. The standard InChI is InChI=1S/C19H21N3O3/c1-3-11-25-17-9-7-15(8-10-17)22-18(23)13-21-16-6-4-5-14(12-16)19(24)20-2/h3-10,12,21H,1,11,13H2,2H3,(H,20,24)(H,22,23). The summed E-state index contributed by atoms with van der Waals surface area (Å²) in [5.74, 6) is 0.346. The Labute approximate surface area is 146 Å². The summed E-state index contributed by atoms with van der Waals surface area (Å²) in [7, 11) is 1.57. The molecule has 6 heteroatoms. The molecular weight excluding hydrogens is 318 g/mol. The van der Waals surface area contributed by atoms with E-state index in [9.17, 15) is 9.59 Å². The van der Waals surface area contributed by atoms with Crippen molar-refractivity contribution < 1.29 is 14.3 Å². The molecule has 25 heavy (non-hydrogen) atoms. The van der Waals surface area contributed by atoms with Gasteiger partial charge >= 0.3 is 0 Å². The second-order valence-corrected chi connectivity index (χ2v) is 5.19. The van der Waals surface area contributed by atoms with Gasteiger partial charge in [-0.25, -0.2) is 0 Å². The molecule has 2 aromatic rings. The Bertz CT molecular complexity index is 742. The molecule has 0 atom stereocenters. The maximum atomic E-state index is 12.0. The maximum absolute atomic E-state index is 12.0. The van der Waals surface area contributed by atoms with Gasteiger partial charge in [0.25, 0.3) is 5.91 Å². The van der Waals surface area contributed by atoms with E-state index < -0.39 is 0 Å². The van der Waals surface area contributed by atoms with Crippen LogP contribution in [-0.2, 0) is 4.79 Å². The molecule has 0 aliphatic carbocycles. The Kier molecular flexibility index (Phi) is 6.59. The highest BCUT2D eigenvalue weighted by Gasteiger charge is 2.06. The molecule has 0 saturated heterocycles. The van der Waals surface area contributed by atoms with Crippen LogP contribution in [0.5, 0.6) is 5.75 Å². The third-order valence-electron chi connectivity index (χ3n) is 3.31. The lowest BCUT2D eigenvalue weighted by Gasteiger charge is -2.09. The Morgan fingerprint density at radius 2 is 1.88 bits per heavy atom. The van der Waals surface area contributed by atoms with Crippen LogP contribution in [0.25, 0.3) is 0 Å². The van der Waals surface area contributed by atoms with Crippen LogP contribution in [0.2, 0.25) is 0 Å². The van der Waals surface area contributed by atoms with Gasteiger partial charge in [0, 0.05) is 24.0 Å². The molecule has 6 nitrogen and oxygen atoms in total. The number of ether oxygens (including phenoxy) is 1. The van der Waals surface area contributed by atoms with Crippen LogP contribution in [-0.4, -0.2) is 32.0 Å². The quantitative estimate of drug-likeness (QED) is 0.646. The lowest BCUT2D eigenvalue weighted by Crippen LogP contribution is -2.22. The molecule has 0 spiro atoms. The molecule has 0 bridgehead atoms. The van der Waals surface area contributed by atoms with E-state index in [-0.39, 0.29) is 18.4 Å². The number of carbonyl (C=O) groups excluding carboxylic acids is 2. The van der Waals surface area contributed by atoms with Crippen molar-refractivity contribution in [2.45, 2.75) is 0 Å². The molecule has 3 N–H and O–H groups in total. The zero-order valence-corrected chi connectivity index (χ0v) is 14.0. The highest BCUT2D eigenvalue weighted by atomic mass is 16.5. The number of carbonyl (C=O) groups is 2. The molecule has 0 aromatic heterocycles. The van der Waals surface area contributed by atoms with Crippen LogP contribution in [0.3, 0.4) is 0 Å². The van der Waals surface area contributed by atoms with E-state index >= 15 is 0 Å². The SMILES string of the molecule is C=CCOc1ccc(NC(=O)CNc2cccc(C(=O)NC)c2)cc1. The molecule has 2 aromatic carbocycles. The molecule has 2 rings (SSSR count). The van der Waals surface area contributed by atoms with Gasteiger partial charge in [-0.2, -0.15) is 0 Å². The smallest absolute Gasteiger partial charge is 0.251 e. The van der Waals surface area contributed by atoms with Crippen LogP contribution in [0.1, 0.15) is 10.4 Å². The van der Waals surface area contributed by atoms with Gasteiger partial charge in [0.15, 0.2) is 0 Å². The minimum absolute atomic E-state index is 0.0892. The number of amides is 2. The highest BCUT2D eigenvalue weighted by molar-refractivity contribution is 5.96. The van der Waals surface area contributed by atoms with Gasteiger partial charge in [-0.1, -0.05) is 18.7 Å². The Balaban J connectivity index is 1.86. The third-order valence-corrected chi connectivity index (χ3v) is 3.31. The molecule has 0 aliphatic rings. The number of nitrogens with one attached hydrogen (secondary N) is 3. The van der Waals surface area contributed by atoms with Crippen LogP contribution >= 0.6 is 0 Å². The van der Waals surface area contributed by atoms with E-state index in [1.165, 1.54) is 0 Å². The van der Waals surface area contributed by atoms with Crippen molar-refractivity contribution in [2.75, 3.05) is 30.8 Å².